The summed E-state index contributed by atoms with van der Waals surface area (Å²) in [7, 11) is -1.36. The number of benzene rings is 1. The second-order valence-corrected chi connectivity index (χ2v) is 8.09. The maximum atomic E-state index is 12.9. The summed E-state index contributed by atoms with van der Waals surface area (Å²) in [6.07, 6.45) is 0.477. The Balaban J connectivity index is 2.24. The molecule has 0 amide bonds. The highest BCUT2D eigenvalue weighted by Gasteiger charge is 2.46. The van der Waals surface area contributed by atoms with E-state index in [1.54, 1.807) is 26.0 Å². The summed E-state index contributed by atoms with van der Waals surface area (Å²) in [4.78, 5) is 25.3. The highest BCUT2D eigenvalue weighted by atomic mass is 35.5. The molecular formula is C18H23ClO5S. The average Bonchev–Trinajstić information content (AvgIpc) is 2.62. The van der Waals surface area contributed by atoms with Crippen LogP contribution in [0.1, 0.15) is 26.7 Å². The first-order valence-electron chi connectivity index (χ1n) is 8.42. The summed E-state index contributed by atoms with van der Waals surface area (Å²) < 4.78 is 23.1. The molecule has 0 aromatic heterocycles. The maximum Gasteiger partial charge on any atom is 0.309 e. The molecule has 1 fully saturated rings. The van der Waals surface area contributed by atoms with E-state index in [0.717, 1.165) is 0 Å². The predicted octanol–water partition coefficient (Wildman–Crippen LogP) is 2.92. The largest absolute Gasteiger partial charge is 0.466 e. The first kappa shape index (κ1) is 19.9. The summed E-state index contributed by atoms with van der Waals surface area (Å²) in [5, 5.41) is -0.912. The average molecular weight is 387 g/mol. The van der Waals surface area contributed by atoms with Crippen LogP contribution in [0.3, 0.4) is 0 Å². The summed E-state index contributed by atoms with van der Waals surface area (Å²) in [6, 6.07) is 9.01. The molecule has 1 aliphatic rings. The Kier molecular flexibility index (Phi) is 7.44. The Hall–Kier alpha value is -1.40. The Labute approximate surface area is 155 Å². The molecule has 1 aromatic carbocycles. The van der Waals surface area contributed by atoms with Crippen LogP contribution in [0.2, 0.25) is 0 Å². The van der Waals surface area contributed by atoms with E-state index in [9.17, 15) is 13.8 Å². The van der Waals surface area contributed by atoms with Crippen LogP contribution in [0, 0.1) is 11.8 Å². The van der Waals surface area contributed by atoms with Gasteiger partial charge in [0.25, 0.3) is 0 Å². The minimum Gasteiger partial charge on any atom is -0.466 e. The molecule has 138 valence electrons. The molecule has 0 radical (unpaired) electrons. The Morgan fingerprint density at radius 1 is 1.04 bits per heavy atom. The van der Waals surface area contributed by atoms with Crippen molar-refractivity contribution in [2.45, 2.75) is 42.2 Å². The van der Waals surface area contributed by atoms with Crippen molar-refractivity contribution in [2.24, 2.45) is 11.8 Å². The summed E-state index contributed by atoms with van der Waals surface area (Å²) >= 11 is 6.46. The molecule has 0 aliphatic heterocycles. The van der Waals surface area contributed by atoms with Crippen molar-refractivity contribution in [3.05, 3.63) is 30.3 Å². The number of rotatable bonds is 6. The molecule has 1 aliphatic carbocycles. The number of carbonyl (C=O) groups is 2. The first-order chi connectivity index (χ1) is 12.0. The molecule has 5 atom stereocenters. The molecule has 0 saturated heterocycles. The molecule has 25 heavy (non-hydrogen) atoms. The topological polar surface area (TPSA) is 69.7 Å². The number of alkyl halides is 1. The number of esters is 2. The Morgan fingerprint density at radius 3 is 2.08 bits per heavy atom. The molecule has 7 heteroatoms. The van der Waals surface area contributed by atoms with Crippen molar-refractivity contribution in [2.75, 3.05) is 13.2 Å². The second-order valence-electron chi connectivity index (χ2n) is 5.85. The highest BCUT2D eigenvalue weighted by Crippen LogP contribution is 2.38. The maximum absolute atomic E-state index is 12.9. The minimum atomic E-state index is -1.36. The molecule has 2 rings (SSSR count). The summed E-state index contributed by atoms with van der Waals surface area (Å²) in [6.45, 7) is 3.88. The predicted molar refractivity (Wildman–Crippen MR) is 95.8 cm³/mol. The van der Waals surface area contributed by atoms with E-state index in [-0.39, 0.29) is 26.1 Å². The van der Waals surface area contributed by atoms with E-state index >= 15 is 0 Å². The number of carbonyl (C=O) groups excluding carboxylic acids is 2. The monoisotopic (exact) mass is 386 g/mol. The number of halogens is 1. The molecule has 0 N–H and O–H groups in total. The molecular weight excluding hydrogens is 364 g/mol. The lowest BCUT2D eigenvalue weighted by atomic mass is 9.78. The fraction of sp³-hybridized carbons (Fsp3) is 0.556. The van der Waals surface area contributed by atoms with Crippen LogP contribution >= 0.6 is 11.6 Å². The zero-order valence-corrected chi connectivity index (χ0v) is 15.9. The van der Waals surface area contributed by atoms with Crippen LogP contribution in [0.25, 0.3) is 0 Å². The third kappa shape index (κ3) is 4.82. The number of hydrogen-bond donors (Lipinski definition) is 0. The van der Waals surface area contributed by atoms with Gasteiger partial charge in [-0.1, -0.05) is 18.2 Å². The SMILES string of the molecule is CCOC(=O)[C@H]1C[C@@H](Cl)[C@H]([S@@](=O)c2ccccc2)C[C@H]1C(=O)OCC. The van der Waals surface area contributed by atoms with E-state index in [2.05, 4.69) is 0 Å². The minimum absolute atomic E-state index is 0.224. The van der Waals surface area contributed by atoms with Crippen LogP contribution < -0.4 is 0 Å². The van der Waals surface area contributed by atoms with Gasteiger partial charge in [0.05, 0.1) is 41.1 Å². The van der Waals surface area contributed by atoms with Crippen LogP contribution in [0.4, 0.5) is 0 Å². The van der Waals surface area contributed by atoms with Crippen molar-refractivity contribution in [1.82, 2.24) is 0 Å². The van der Waals surface area contributed by atoms with Crippen molar-refractivity contribution in [3.8, 4) is 0 Å². The van der Waals surface area contributed by atoms with Gasteiger partial charge in [-0.05, 0) is 38.8 Å². The number of ether oxygens (including phenoxy) is 2. The zero-order valence-electron chi connectivity index (χ0n) is 14.4. The van der Waals surface area contributed by atoms with Gasteiger partial charge in [-0.3, -0.25) is 13.8 Å². The van der Waals surface area contributed by atoms with Gasteiger partial charge in [0.2, 0.25) is 0 Å². The third-order valence-electron chi connectivity index (χ3n) is 4.28. The van der Waals surface area contributed by atoms with Gasteiger partial charge in [0.1, 0.15) is 0 Å². The Bertz CT molecular complexity index is 621. The lowest BCUT2D eigenvalue weighted by Crippen LogP contribution is -2.45. The molecule has 1 saturated carbocycles. The fourth-order valence-corrected chi connectivity index (χ4v) is 5.20. The van der Waals surface area contributed by atoms with Crippen LogP contribution in [0.15, 0.2) is 35.2 Å². The smallest absolute Gasteiger partial charge is 0.309 e. The lowest BCUT2D eigenvalue weighted by Gasteiger charge is -2.36. The van der Waals surface area contributed by atoms with E-state index in [1.165, 1.54) is 0 Å². The van der Waals surface area contributed by atoms with Crippen molar-refractivity contribution < 1.29 is 23.3 Å². The van der Waals surface area contributed by atoms with Crippen LogP contribution in [0.5, 0.6) is 0 Å². The zero-order chi connectivity index (χ0) is 18.4. The van der Waals surface area contributed by atoms with Crippen LogP contribution in [-0.4, -0.2) is 40.0 Å². The van der Waals surface area contributed by atoms with Crippen LogP contribution in [-0.2, 0) is 29.9 Å². The molecule has 5 nitrogen and oxygen atoms in total. The third-order valence-corrected chi connectivity index (χ3v) is 6.72. The lowest BCUT2D eigenvalue weighted by molar-refractivity contribution is -0.162. The highest BCUT2D eigenvalue weighted by molar-refractivity contribution is 7.85. The second kappa shape index (κ2) is 9.34. The van der Waals surface area contributed by atoms with E-state index in [4.69, 9.17) is 21.1 Å². The number of hydrogen-bond acceptors (Lipinski definition) is 5. The molecule has 0 bridgehead atoms. The van der Waals surface area contributed by atoms with Gasteiger partial charge in [-0.2, -0.15) is 0 Å². The van der Waals surface area contributed by atoms with Gasteiger partial charge in [0.15, 0.2) is 0 Å². The van der Waals surface area contributed by atoms with Crippen molar-refractivity contribution >= 4 is 34.3 Å². The van der Waals surface area contributed by atoms with Gasteiger partial charge >= 0.3 is 11.9 Å². The van der Waals surface area contributed by atoms with Crippen molar-refractivity contribution in [3.63, 3.8) is 0 Å². The summed E-state index contributed by atoms with van der Waals surface area (Å²) in [5.41, 5.74) is 0. The van der Waals surface area contributed by atoms with E-state index in [0.29, 0.717) is 4.90 Å². The summed E-state index contributed by atoms with van der Waals surface area (Å²) in [5.74, 6) is -2.26. The standard InChI is InChI=1S/C18H23ClO5S/c1-3-23-17(20)13-10-15(19)16(11-14(13)18(21)24-4-2)25(22)12-8-6-5-7-9-12/h5-9,13-16H,3-4,10-11H2,1-2H3/t13-,14+,15+,16+,25-/m0/s1. The van der Waals surface area contributed by atoms with E-state index in [1.807, 2.05) is 18.2 Å². The van der Waals surface area contributed by atoms with Crippen molar-refractivity contribution in [1.29, 1.82) is 0 Å². The fourth-order valence-electron chi connectivity index (χ4n) is 3.09. The molecule has 0 unspecified atom stereocenters. The van der Waals surface area contributed by atoms with Gasteiger partial charge in [-0.15, -0.1) is 11.6 Å². The van der Waals surface area contributed by atoms with Gasteiger partial charge < -0.3 is 9.47 Å². The van der Waals surface area contributed by atoms with E-state index < -0.39 is 45.2 Å². The molecule has 0 spiro atoms. The quantitative estimate of drug-likeness (QED) is 0.555. The first-order valence-corrected chi connectivity index (χ1v) is 10.1. The Morgan fingerprint density at radius 2 is 1.56 bits per heavy atom. The molecule has 0 heterocycles. The van der Waals surface area contributed by atoms with Gasteiger partial charge in [-0.25, -0.2) is 0 Å². The molecule has 1 aromatic rings. The van der Waals surface area contributed by atoms with Gasteiger partial charge in [0, 0.05) is 10.3 Å². The normalized spacial score (nSPS) is 27.3.